The number of thiophene rings is 1. The number of amides is 1. The molecule has 1 aliphatic heterocycles. The molecule has 1 saturated heterocycles. The van der Waals surface area contributed by atoms with Gasteiger partial charge in [-0.05, 0) is 36.4 Å². The van der Waals surface area contributed by atoms with Gasteiger partial charge in [0.1, 0.15) is 0 Å². The highest BCUT2D eigenvalue weighted by Crippen LogP contribution is 2.24. The number of H-pyrrole nitrogens is 1. The van der Waals surface area contributed by atoms with Crippen LogP contribution in [0.5, 0.6) is 0 Å². The summed E-state index contributed by atoms with van der Waals surface area (Å²) in [6.45, 7) is 1.73. The summed E-state index contributed by atoms with van der Waals surface area (Å²) >= 11 is 1.47. The molecule has 0 aromatic carbocycles. The molecule has 2 N–H and O–H groups in total. The Hall–Kier alpha value is -2.67. The Morgan fingerprint density at radius 1 is 1.32 bits per heavy atom. The van der Waals surface area contributed by atoms with Crippen molar-refractivity contribution in [3.63, 3.8) is 0 Å². The molecule has 4 heterocycles. The van der Waals surface area contributed by atoms with Gasteiger partial charge in [-0.2, -0.15) is 5.10 Å². The summed E-state index contributed by atoms with van der Waals surface area (Å²) in [4.78, 5) is 19.3. The Morgan fingerprint density at radius 2 is 2.20 bits per heavy atom. The number of nitrogens with zero attached hydrogens (tertiary/aromatic N) is 3. The molecule has 3 aromatic rings. The van der Waals surface area contributed by atoms with E-state index >= 15 is 0 Å². The van der Waals surface area contributed by atoms with Gasteiger partial charge in [-0.1, -0.05) is 6.07 Å². The molecule has 7 heteroatoms. The number of aromatic nitrogens is 3. The third-order valence-electron chi connectivity index (χ3n) is 4.38. The molecule has 1 aliphatic rings. The summed E-state index contributed by atoms with van der Waals surface area (Å²) in [7, 11) is 0. The summed E-state index contributed by atoms with van der Waals surface area (Å²) in [5.41, 5.74) is 2.04. The first kappa shape index (κ1) is 15.8. The summed E-state index contributed by atoms with van der Waals surface area (Å²) in [5.74, 6) is 0.934. The van der Waals surface area contributed by atoms with Crippen molar-refractivity contribution in [3.8, 4) is 11.3 Å². The molecular weight excluding hydrogens is 334 g/mol. The number of aromatic amines is 1. The minimum Gasteiger partial charge on any atom is -0.353 e. The first-order valence-corrected chi connectivity index (χ1v) is 9.23. The molecule has 1 fully saturated rings. The molecule has 3 aromatic heterocycles. The Balaban J connectivity index is 1.43. The fourth-order valence-electron chi connectivity index (χ4n) is 3.12. The molecule has 25 heavy (non-hydrogen) atoms. The molecule has 0 bridgehead atoms. The zero-order chi connectivity index (χ0) is 17.1. The number of carbonyl (C=O) groups excluding carboxylic acids is 1. The second-order valence-electron chi connectivity index (χ2n) is 6.11. The van der Waals surface area contributed by atoms with Gasteiger partial charge in [0, 0.05) is 43.2 Å². The van der Waals surface area contributed by atoms with Crippen LogP contribution in [0.2, 0.25) is 0 Å². The van der Waals surface area contributed by atoms with E-state index in [1.807, 2.05) is 29.6 Å². The van der Waals surface area contributed by atoms with E-state index in [-0.39, 0.29) is 11.9 Å². The highest BCUT2D eigenvalue weighted by Gasteiger charge is 2.23. The van der Waals surface area contributed by atoms with Gasteiger partial charge in [0.15, 0.2) is 5.82 Å². The van der Waals surface area contributed by atoms with Crippen molar-refractivity contribution < 1.29 is 4.79 Å². The lowest BCUT2D eigenvalue weighted by atomic mass is 10.1. The Kier molecular flexibility index (Phi) is 4.47. The fourth-order valence-corrected chi connectivity index (χ4v) is 3.75. The van der Waals surface area contributed by atoms with E-state index in [0.29, 0.717) is 0 Å². The van der Waals surface area contributed by atoms with Gasteiger partial charge in [0.05, 0.1) is 10.6 Å². The van der Waals surface area contributed by atoms with Crippen LogP contribution >= 0.6 is 11.3 Å². The van der Waals surface area contributed by atoms with E-state index in [9.17, 15) is 4.79 Å². The van der Waals surface area contributed by atoms with Crippen molar-refractivity contribution in [3.05, 3.63) is 53.0 Å². The minimum atomic E-state index is 0.0151. The summed E-state index contributed by atoms with van der Waals surface area (Å²) < 4.78 is 0. The second-order valence-corrected chi connectivity index (χ2v) is 7.06. The number of piperidine rings is 1. The zero-order valence-electron chi connectivity index (χ0n) is 13.7. The standard InChI is InChI=1S/C18H19N5OS/c24-18(16-4-2-10-25-16)20-14-3-1-9-23(12-14)17-11-15(21-22-17)13-5-7-19-8-6-13/h2,4-8,10-11,14H,1,3,9,12H2,(H,20,24)(H,21,22). The van der Waals surface area contributed by atoms with Crippen LogP contribution in [-0.2, 0) is 0 Å². The SMILES string of the molecule is O=C(NC1CCCN(c2cc(-c3ccncc3)[nH]n2)C1)c1cccs1. The molecule has 4 rings (SSSR count). The van der Waals surface area contributed by atoms with Crippen LogP contribution < -0.4 is 10.2 Å². The van der Waals surface area contributed by atoms with E-state index in [1.54, 1.807) is 12.4 Å². The molecule has 1 atom stereocenters. The second kappa shape index (κ2) is 7.06. The largest absolute Gasteiger partial charge is 0.353 e. The van der Waals surface area contributed by atoms with Crippen molar-refractivity contribution in [1.29, 1.82) is 0 Å². The lowest BCUT2D eigenvalue weighted by Gasteiger charge is -2.33. The van der Waals surface area contributed by atoms with Crippen LogP contribution in [0.25, 0.3) is 11.3 Å². The quantitative estimate of drug-likeness (QED) is 0.756. The van der Waals surface area contributed by atoms with Crippen LogP contribution in [0.1, 0.15) is 22.5 Å². The van der Waals surface area contributed by atoms with Gasteiger partial charge in [0.2, 0.25) is 0 Å². The van der Waals surface area contributed by atoms with Crippen molar-refractivity contribution >= 4 is 23.1 Å². The normalized spacial score (nSPS) is 17.4. The number of hydrogen-bond acceptors (Lipinski definition) is 5. The first-order chi connectivity index (χ1) is 12.3. The molecule has 128 valence electrons. The van der Waals surface area contributed by atoms with Crippen LogP contribution in [0.4, 0.5) is 5.82 Å². The third kappa shape index (κ3) is 3.56. The highest BCUT2D eigenvalue weighted by atomic mass is 32.1. The summed E-state index contributed by atoms with van der Waals surface area (Å²) in [5, 5.41) is 12.6. The predicted octanol–water partition coefficient (Wildman–Crippen LogP) is 2.93. The topological polar surface area (TPSA) is 73.9 Å². The fraction of sp³-hybridized carbons (Fsp3) is 0.278. The smallest absolute Gasteiger partial charge is 0.261 e. The third-order valence-corrected chi connectivity index (χ3v) is 5.25. The number of carbonyl (C=O) groups is 1. The Morgan fingerprint density at radius 3 is 3.00 bits per heavy atom. The van der Waals surface area contributed by atoms with Crippen LogP contribution in [0, 0.1) is 0 Å². The Labute approximate surface area is 149 Å². The molecular formula is C18H19N5OS. The number of nitrogens with one attached hydrogen (secondary N) is 2. The number of pyridine rings is 1. The monoisotopic (exact) mass is 353 g/mol. The van der Waals surface area contributed by atoms with Crippen LogP contribution in [0.3, 0.4) is 0 Å². The van der Waals surface area contributed by atoms with E-state index in [4.69, 9.17) is 0 Å². The van der Waals surface area contributed by atoms with Gasteiger partial charge in [-0.15, -0.1) is 11.3 Å². The van der Waals surface area contributed by atoms with Crippen molar-refractivity contribution in [2.45, 2.75) is 18.9 Å². The maximum absolute atomic E-state index is 12.3. The molecule has 0 spiro atoms. The number of rotatable bonds is 4. The van der Waals surface area contributed by atoms with Crippen LogP contribution in [0.15, 0.2) is 48.1 Å². The maximum Gasteiger partial charge on any atom is 0.261 e. The lowest BCUT2D eigenvalue weighted by molar-refractivity contribution is 0.0937. The summed E-state index contributed by atoms with van der Waals surface area (Å²) in [6.07, 6.45) is 5.57. The van der Waals surface area contributed by atoms with Gasteiger partial charge < -0.3 is 10.2 Å². The van der Waals surface area contributed by atoms with E-state index < -0.39 is 0 Å². The summed E-state index contributed by atoms with van der Waals surface area (Å²) in [6, 6.07) is 9.87. The average molecular weight is 353 g/mol. The molecule has 0 aliphatic carbocycles. The number of hydrogen-bond donors (Lipinski definition) is 2. The molecule has 0 radical (unpaired) electrons. The molecule has 1 amide bonds. The van der Waals surface area contributed by atoms with Gasteiger partial charge in [-0.3, -0.25) is 14.9 Å². The zero-order valence-corrected chi connectivity index (χ0v) is 14.5. The van der Waals surface area contributed by atoms with Crippen molar-refractivity contribution in [1.82, 2.24) is 20.5 Å². The van der Waals surface area contributed by atoms with Crippen molar-refractivity contribution in [2.75, 3.05) is 18.0 Å². The van der Waals surface area contributed by atoms with E-state index in [0.717, 1.165) is 47.9 Å². The predicted molar refractivity (Wildman–Crippen MR) is 98.8 cm³/mol. The van der Waals surface area contributed by atoms with Crippen molar-refractivity contribution in [2.24, 2.45) is 0 Å². The lowest BCUT2D eigenvalue weighted by Crippen LogP contribution is -2.47. The van der Waals surface area contributed by atoms with E-state index in [1.165, 1.54) is 11.3 Å². The number of anilines is 1. The van der Waals surface area contributed by atoms with Gasteiger partial charge in [0.25, 0.3) is 5.91 Å². The molecule has 6 nitrogen and oxygen atoms in total. The van der Waals surface area contributed by atoms with Crippen LogP contribution in [-0.4, -0.2) is 40.2 Å². The maximum atomic E-state index is 12.3. The van der Waals surface area contributed by atoms with E-state index in [2.05, 4.69) is 31.5 Å². The van der Waals surface area contributed by atoms with Gasteiger partial charge >= 0.3 is 0 Å². The first-order valence-electron chi connectivity index (χ1n) is 8.35. The minimum absolute atomic E-state index is 0.0151. The molecule has 1 unspecified atom stereocenters. The average Bonchev–Trinajstić information content (AvgIpc) is 3.35. The highest BCUT2D eigenvalue weighted by molar-refractivity contribution is 7.12. The molecule has 0 saturated carbocycles. The Bertz CT molecular complexity index is 830. The van der Waals surface area contributed by atoms with Gasteiger partial charge in [-0.25, -0.2) is 0 Å².